The third-order valence-electron chi connectivity index (χ3n) is 3.16. The molecule has 0 atom stereocenters. The molecule has 0 aliphatic rings. The average molecular weight is 289 g/mol. The number of nitrogens with zero attached hydrogens (tertiary/aromatic N) is 4. The molecule has 2 aromatic heterocycles. The minimum absolute atomic E-state index is 0.00996. The molecular formula is C14H19N5O2. The van der Waals surface area contributed by atoms with Gasteiger partial charge >= 0.3 is 5.69 Å². The molecule has 2 heterocycles. The molecule has 0 spiro atoms. The Hall–Kier alpha value is -2.44. The Labute approximate surface area is 123 Å². The molecule has 2 aromatic rings. The third-order valence-corrected chi connectivity index (χ3v) is 3.16. The highest BCUT2D eigenvalue weighted by Gasteiger charge is 2.28. The lowest BCUT2D eigenvalue weighted by Gasteiger charge is -2.06. The Morgan fingerprint density at radius 2 is 2.14 bits per heavy atom. The molecule has 0 aliphatic heterocycles. The number of nitrogens with one attached hydrogen (secondary N) is 1. The van der Waals surface area contributed by atoms with Crippen molar-refractivity contribution < 1.29 is 4.92 Å². The van der Waals surface area contributed by atoms with Crippen LogP contribution in [0.4, 0.5) is 11.5 Å². The lowest BCUT2D eigenvalue weighted by Crippen LogP contribution is -2.07. The van der Waals surface area contributed by atoms with Crippen molar-refractivity contribution in [3.05, 3.63) is 45.4 Å². The molecule has 0 radical (unpaired) electrons. The van der Waals surface area contributed by atoms with E-state index in [-0.39, 0.29) is 16.5 Å². The maximum Gasteiger partial charge on any atom is 0.334 e. The molecule has 0 saturated heterocycles. The van der Waals surface area contributed by atoms with Gasteiger partial charge in [0.25, 0.3) is 0 Å². The third kappa shape index (κ3) is 3.18. The Kier molecular flexibility index (Phi) is 4.21. The molecule has 0 aromatic carbocycles. The molecule has 0 amide bonds. The van der Waals surface area contributed by atoms with Crippen LogP contribution in [0, 0.1) is 17.0 Å². The van der Waals surface area contributed by atoms with Crippen LogP contribution >= 0.6 is 0 Å². The van der Waals surface area contributed by atoms with Crippen LogP contribution in [0.25, 0.3) is 0 Å². The molecule has 7 nitrogen and oxygen atoms in total. The topological polar surface area (TPSA) is 85.9 Å². The fraction of sp³-hybridized carbons (Fsp3) is 0.429. The van der Waals surface area contributed by atoms with Crippen LogP contribution in [0.3, 0.4) is 0 Å². The minimum atomic E-state index is -0.381. The van der Waals surface area contributed by atoms with Crippen LogP contribution in [-0.4, -0.2) is 19.7 Å². The predicted octanol–water partition coefficient (Wildman–Crippen LogP) is 2.77. The molecule has 7 heteroatoms. The second-order valence-electron chi connectivity index (χ2n) is 5.24. The van der Waals surface area contributed by atoms with Gasteiger partial charge < -0.3 is 5.32 Å². The first kappa shape index (κ1) is 15.0. The SMILES string of the molecule is Cc1cccc(CNc2c([N+](=O)[O-])c(C(C)C)nn2C)n1. The quantitative estimate of drug-likeness (QED) is 0.675. The number of anilines is 1. The minimum Gasteiger partial charge on any atom is -0.359 e. The zero-order valence-corrected chi connectivity index (χ0v) is 12.6. The molecular weight excluding hydrogens is 270 g/mol. The number of nitro groups is 1. The predicted molar refractivity (Wildman–Crippen MR) is 80.3 cm³/mol. The molecule has 0 bridgehead atoms. The van der Waals surface area contributed by atoms with Gasteiger partial charge in [-0.2, -0.15) is 5.10 Å². The van der Waals surface area contributed by atoms with Gasteiger partial charge in [0.15, 0.2) is 0 Å². The van der Waals surface area contributed by atoms with Gasteiger partial charge in [0.2, 0.25) is 5.82 Å². The van der Waals surface area contributed by atoms with Crippen molar-refractivity contribution in [1.29, 1.82) is 0 Å². The van der Waals surface area contributed by atoms with E-state index in [4.69, 9.17) is 0 Å². The number of rotatable bonds is 5. The lowest BCUT2D eigenvalue weighted by atomic mass is 10.1. The second-order valence-corrected chi connectivity index (χ2v) is 5.24. The first-order valence-electron chi connectivity index (χ1n) is 6.77. The summed E-state index contributed by atoms with van der Waals surface area (Å²) in [6.45, 7) is 6.11. The van der Waals surface area contributed by atoms with Crippen molar-refractivity contribution in [3.63, 3.8) is 0 Å². The van der Waals surface area contributed by atoms with Gasteiger partial charge in [0, 0.05) is 18.7 Å². The van der Waals surface area contributed by atoms with E-state index in [2.05, 4.69) is 15.4 Å². The summed E-state index contributed by atoms with van der Waals surface area (Å²) in [5.41, 5.74) is 2.27. The summed E-state index contributed by atoms with van der Waals surface area (Å²) in [6.07, 6.45) is 0. The number of hydrogen-bond donors (Lipinski definition) is 1. The normalized spacial score (nSPS) is 10.9. The average Bonchev–Trinajstić information content (AvgIpc) is 2.74. The van der Waals surface area contributed by atoms with Gasteiger partial charge in [-0.1, -0.05) is 19.9 Å². The smallest absolute Gasteiger partial charge is 0.334 e. The van der Waals surface area contributed by atoms with Crippen LogP contribution in [0.5, 0.6) is 0 Å². The van der Waals surface area contributed by atoms with Gasteiger partial charge in [0.1, 0.15) is 5.69 Å². The number of pyridine rings is 1. The van der Waals surface area contributed by atoms with E-state index in [0.717, 1.165) is 11.4 Å². The molecule has 0 saturated carbocycles. The first-order chi connectivity index (χ1) is 9.90. The summed E-state index contributed by atoms with van der Waals surface area (Å²) in [4.78, 5) is 15.3. The molecule has 0 unspecified atom stereocenters. The van der Waals surface area contributed by atoms with Gasteiger partial charge in [-0.3, -0.25) is 15.1 Å². The van der Waals surface area contributed by atoms with Crippen LogP contribution in [0.2, 0.25) is 0 Å². The van der Waals surface area contributed by atoms with Gasteiger partial charge in [-0.05, 0) is 19.1 Å². The highest BCUT2D eigenvalue weighted by atomic mass is 16.6. The van der Waals surface area contributed by atoms with E-state index in [1.54, 1.807) is 7.05 Å². The van der Waals surface area contributed by atoms with E-state index < -0.39 is 0 Å². The molecule has 0 fully saturated rings. The van der Waals surface area contributed by atoms with Crippen molar-refractivity contribution >= 4 is 11.5 Å². The van der Waals surface area contributed by atoms with Crippen molar-refractivity contribution in [2.75, 3.05) is 5.32 Å². The zero-order chi connectivity index (χ0) is 15.6. The van der Waals surface area contributed by atoms with Crippen molar-refractivity contribution in [3.8, 4) is 0 Å². The highest BCUT2D eigenvalue weighted by molar-refractivity contribution is 5.60. The molecule has 2 rings (SSSR count). The van der Waals surface area contributed by atoms with E-state index in [1.807, 2.05) is 39.0 Å². The largest absolute Gasteiger partial charge is 0.359 e. The number of aromatic nitrogens is 3. The number of hydrogen-bond acceptors (Lipinski definition) is 5. The standard InChI is InChI=1S/C14H19N5O2/c1-9(2)12-13(19(20)21)14(18(4)17-12)15-8-11-7-5-6-10(3)16-11/h5-7,9,15H,8H2,1-4H3. The summed E-state index contributed by atoms with van der Waals surface area (Å²) in [5.74, 6) is 0.399. The Morgan fingerprint density at radius 3 is 2.71 bits per heavy atom. The van der Waals surface area contributed by atoms with Crippen molar-refractivity contribution in [2.45, 2.75) is 33.2 Å². The fourth-order valence-corrected chi connectivity index (χ4v) is 2.17. The lowest BCUT2D eigenvalue weighted by molar-refractivity contribution is -0.384. The maximum atomic E-state index is 11.3. The van der Waals surface area contributed by atoms with Crippen LogP contribution in [0.1, 0.15) is 36.8 Å². The van der Waals surface area contributed by atoms with E-state index in [9.17, 15) is 10.1 Å². The maximum absolute atomic E-state index is 11.3. The van der Waals surface area contributed by atoms with Gasteiger partial charge in [-0.25, -0.2) is 4.68 Å². The monoisotopic (exact) mass is 289 g/mol. The summed E-state index contributed by atoms with van der Waals surface area (Å²) in [6, 6.07) is 5.70. The van der Waals surface area contributed by atoms with Crippen LogP contribution < -0.4 is 5.32 Å². The Morgan fingerprint density at radius 1 is 1.43 bits per heavy atom. The summed E-state index contributed by atoms with van der Waals surface area (Å²) in [5, 5.41) is 18.7. The molecule has 0 aliphatic carbocycles. The van der Waals surface area contributed by atoms with Gasteiger partial charge in [-0.15, -0.1) is 0 Å². The van der Waals surface area contributed by atoms with Gasteiger partial charge in [0.05, 0.1) is 17.2 Å². The zero-order valence-electron chi connectivity index (χ0n) is 12.6. The van der Waals surface area contributed by atoms with Crippen molar-refractivity contribution in [2.24, 2.45) is 7.05 Å². The van der Waals surface area contributed by atoms with E-state index in [1.165, 1.54) is 4.68 Å². The number of aryl methyl sites for hydroxylation is 2. The van der Waals surface area contributed by atoms with Crippen LogP contribution in [-0.2, 0) is 13.6 Å². The van der Waals surface area contributed by atoms with Crippen molar-refractivity contribution in [1.82, 2.24) is 14.8 Å². The fourth-order valence-electron chi connectivity index (χ4n) is 2.17. The molecule has 21 heavy (non-hydrogen) atoms. The first-order valence-corrected chi connectivity index (χ1v) is 6.77. The molecule has 112 valence electrons. The highest BCUT2D eigenvalue weighted by Crippen LogP contribution is 2.32. The molecule has 1 N–H and O–H groups in total. The Bertz CT molecular complexity index is 663. The van der Waals surface area contributed by atoms with E-state index >= 15 is 0 Å². The Balaban J connectivity index is 2.29. The van der Waals surface area contributed by atoms with E-state index in [0.29, 0.717) is 18.1 Å². The summed E-state index contributed by atoms with van der Waals surface area (Å²) < 4.78 is 1.52. The second kappa shape index (κ2) is 5.90. The summed E-state index contributed by atoms with van der Waals surface area (Å²) in [7, 11) is 1.70. The van der Waals surface area contributed by atoms with Crippen LogP contribution in [0.15, 0.2) is 18.2 Å². The summed E-state index contributed by atoms with van der Waals surface area (Å²) >= 11 is 0.